The fourth-order valence-corrected chi connectivity index (χ4v) is 2.61. The van der Waals surface area contributed by atoms with Crippen molar-refractivity contribution >= 4 is 15.9 Å². The highest BCUT2D eigenvalue weighted by atomic mass is 79.9. The summed E-state index contributed by atoms with van der Waals surface area (Å²) in [5.74, 6) is -0.398. The van der Waals surface area contributed by atoms with E-state index in [0.29, 0.717) is 22.9 Å². The van der Waals surface area contributed by atoms with Crippen LogP contribution in [0.4, 0.5) is 8.78 Å². The molecule has 2 atom stereocenters. The zero-order chi connectivity index (χ0) is 12.4. The third kappa shape index (κ3) is 3.26. The average molecular weight is 304 g/mol. The van der Waals surface area contributed by atoms with Crippen molar-refractivity contribution in [2.24, 2.45) is 5.92 Å². The first-order chi connectivity index (χ1) is 8.06. The zero-order valence-corrected chi connectivity index (χ0v) is 11.4. The Kier molecular flexibility index (Phi) is 4.15. The lowest BCUT2D eigenvalue weighted by Gasteiger charge is -2.34. The molecular weight excluding hydrogens is 288 g/mol. The van der Waals surface area contributed by atoms with Crippen LogP contribution in [-0.2, 0) is 6.54 Å². The number of hydrogen-bond donors (Lipinski definition) is 0. The van der Waals surface area contributed by atoms with Crippen LogP contribution >= 0.6 is 15.9 Å². The predicted octanol–water partition coefficient (Wildman–Crippen LogP) is 3.57. The molecule has 1 fully saturated rings. The summed E-state index contributed by atoms with van der Waals surface area (Å²) < 4.78 is 26.3. The van der Waals surface area contributed by atoms with Crippen LogP contribution in [0, 0.1) is 17.6 Å². The Morgan fingerprint density at radius 1 is 1.41 bits per heavy atom. The number of likely N-dealkylation sites (tertiary alicyclic amines) is 1. The molecule has 0 saturated carbocycles. The minimum absolute atomic E-state index is 0.446. The van der Waals surface area contributed by atoms with Gasteiger partial charge < -0.3 is 0 Å². The maximum Gasteiger partial charge on any atom is 0.130 e. The van der Waals surface area contributed by atoms with E-state index >= 15 is 0 Å². The number of nitrogens with zero attached hydrogens (tertiary/aromatic N) is 1. The average Bonchev–Trinajstić information content (AvgIpc) is 2.27. The molecule has 4 heteroatoms. The fourth-order valence-electron chi connectivity index (χ4n) is 2.24. The third-order valence-corrected chi connectivity index (χ3v) is 4.65. The van der Waals surface area contributed by atoms with Crippen LogP contribution in [0.15, 0.2) is 18.2 Å². The molecule has 0 amide bonds. The molecule has 1 aliphatic heterocycles. The van der Waals surface area contributed by atoms with Gasteiger partial charge in [0.2, 0.25) is 0 Å². The smallest absolute Gasteiger partial charge is 0.130 e. The van der Waals surface area contributed by atoms with E-state index in [9.17, 15) is 8.78 Å². The molecule has 1 aliphatic rings. The van der Waals surface area contributed by atoms with Crippen LogP contribution in [0.1, 0.15) is 18.9 Å². The summed E-state index contributed by atoms with van der Waals surface area (Å²) in [6, 6.07) is 3.81. The van der Waals surface area contributed by atoms with Gasteiger partial charge in [0.25, 0.3) is 0 Å². The van der Waals surface area contributed by atoms with Gasteiger partial charge in [0.1, 0.15) is 11.6 Å². The van der Waals surface area contributed by atoms with Crippen molar-refractivity contribution in [3.05, 3.63) is 35.4 Å². The number of piperidine rings is 1. The summed E-state index contributed by atoms with van der Waals surface area (Å²) in [5, 5.41) is 0. The number of benzene rings is 1. The quantitative estimate of drug-likeness (QED) is 0.755. The highest BCUT2D eigenvalue weighted by molar-refractivity contribution is 9.09. The molecule has 1 aromatic carbocycles. The summed E-state index contributed by atoms with van der Waals surface area (Å²) in [5.41, 5.74) is 0.576. The Morgan fingerprint density at radius 3 is 2.82 bits per heavy atom. The molecule has 2 rings (SSSR count). The van der Waals surface area contributed by atoms with Crippen LogP contribution in [-0.4, -0.2) is 22.8 Å². The third-order valence-electron chi connectivity index (χ3n) is 3.29. The van der Waals surface area contributed by atoms with Gasteiger partial charge in [0.15, 0.2) is 0 Å². The second-order valence-corrected chi connectivity index (χ2v) is 5.93. The molecule has 0 bridgehead atoms. The second-order valence-electron chi connectivity index (χ2n) is 4.75. The molecule has 1 heterocycles. The van der Waals surface area contributed by atoms with E-state index < -0.39 is 11.6 Å². The number of halogens is 3. The summed E-state index contributed by atoms with van der Waals surface area (Å²) in [7, 11) is 0. The van der Waals surface area contributed by atoms with Crippen molar-refractivity contribution in [2.45, 2.75) is 24.7 Å². The molecule has 0 N–H and O–H groups in total. The summed E-state index contributed by atoms with van der Waals surface area (Å²) in [6.07, 6.45) is 1.07. The normalized spacial score (nSPS) is 26.1. The van der Waals surface area contributed by atoms with Crippen molar-refractivity contribution in [1.82, 2.24) is 4.90 Å². The lowest BCUT2D eigenvalue weighted by molar-refractivity contribution is 0.181. The van der Waals surface area contributed by atoms with Gasteiger partial charge in [-0.25, -0.2) is 8.78 Å². The van der Waals surface area contributed by atoms with Crippen molar-refractivity contribution in [3.63, 3.8) is 0 Å². The minimum atomic E-state index is -0.515. The van der Waals surface area contributed by atoms with Crippen LogP contribution in [0.3, 0.4) is 0 Å². The van der Waals surface area contributed by atoms with Crippen LogP contribution in [0.2, 0.25) is 0 Å². The van der Waals surface area contributed by atoms with E-state index in [1.54, 1.807) is 0 Å². The maximum atomic E-state index is 13.5. The molecule has 0 radical (unpaired) electrons. The van der Waals surface area contributed by atoms with Gasteiger partial charge >= 0.3 is 0 Å². The Labute approximate surface area is 109 Å². The molecule has 17 heavy (non-hydrogen) atoms. The van der Waals surface area contributed by atoms with Crippen LogP contribution in [0.25, 0.3) is 0 Å². The van der Waals surface area contributed by atoms with E-state index in [0.717, 1.165) is 25.6 Å². The second kappa shape index (κ2) is 5.44. The Morgan fingerprint density at radius 2 is 2.18 bits per heavy atom. The number of alkyl halides is 1. The van der Waals surface area contributed by atoms with E-state index in [2.05, 4.69) is 27.8 Å². The number of hydrogen-bond acceptors (Lipinski definition) is 1. The molecule has 1 saturated heterocycles. The molecule has 94 valence electrons. The molecule has 0 aromatic heterocycles. The van der Waals surface area contributed by atoms with Crippen molar-refractivity contribution in [3.8, 4) is 0 Å². The van der Waals surface area contributed by atoms with E-state index in [-0.39, 0.29) is 0 Å². The van der Waals surface area contributed by atoms with Gasteiger partial charge in [0, 0.05) is 29.5 Å². The van der Waals surface area contributed by atoms with Crippen LogP contribution < -0.4 is 0 Å². The summed E-state index contributed by atoms with van der Waals surface area (Å²) >= 11 is 3.64. The summed E-state index contributed by atoms with van der Waals surface area (Å²) in [6.45, 7) is 4.66. The van der Waals surface area contributed by atoms with Gasteiger partial charge in [-0.1, -0.05) is 28.9 Å². The predicted molar refractivity (Wildman–Crippen MR) is 68.1 cm³/mol. The van der Waals surface area contributed by atoms with Crippen molar-refractivity contribution in [2.75, 3.05) is 13.1 Å². The molecule has 2 unspecified atom stereocenters. The van der Waals surface area contributed by atoms with E-state index in [4.69, 9.17) is 0 Å². The molecular formula is C13H16BrF2N. The molecule has 0 aliphatic carbocycles. The number of rotatable bonds is 2. The highest BCUT2D eigenvalue weighted by Crippen LogP contribution is 2.24. The van der Waals surface area contributed by atoms with Gasteiger partial charge in [-0.15, -0.1) is 0 Å². The van der Waals surface area contributed by atoms with Gasteiger partial charge in [-0.2, -0.15) is 0 Å². The lowest BCUT2D eigenvalue weighted by Crippen LogP contribution is -2.39. The van der Waals surface area contributed by atoms with Gasteiger partial charge in [0.05, 0.1) is 0 Å². The lowest BCUT2D eigenvalue weighted by atomic mass is 9.99. The monoisotopic (exact) mass is 303 g/mol. The SMILES string of the molecule is CC1CN(Cc2ccc(F)cc2F)CCC1Br. The Bertz CT molecular complexity index is 397. The standard InChI is InChI=1S/C13H16BrF2N/c1-9-7-17(5-4-12(9)14)8-10-2-3-11(15)6-13(10)16/h2-3,6,9,12H,4-5,7-8H2,1H3. The van der Waals surface area contributed by atoms with E-state index in [1.165, 1.54) is 12.1 Å². The van der Waals surface area contributed by atoms with Crippen molar-refractivity contribution < 1.29 is 8.78 Å². The first kappa shape index (κ1) is 13.0. The first-order valence-electron chi connectivity index (χ1n) is 5.86. The topological polar surface area (TPSA) is 3.24 Å². The minimum Gasteiger partial charge on any atom is -0.299 e. The summed E-state index contributed by atoms with van der Waals surface area (Å²) in [4.78, 5) is 2.77. The molecule has 1 nitrogen and oxygen atoms in total. The largest absolute Gasteiger partial charge is 0.299 e. The van der Waals surface area contributed by atoms with Crippen molar-refractivity contribution in [1.29, 1.82) is 0 Å². The van der Waals surface area contributed by atoms with Crippen LogP contribution in [0.5, 0.6) is 0 Å². The van der Waals surface area contributed by atoms with E-state index in [1.807, 2.05) is 0 Å². The Hall–Kier alpha value is -0.480. The van der Waals surface area contributed by atoms with Gasteiger partial charge in [-0.05, 0) is 24.9 Å². The van der Waals surface area contributed by atoms with Gasteiger partial charge in [-0.3, -0.25) is 4.90 Å². The first-order valence-corrected chi connectivity index (χ1v) is 6.78. The maximum absolute atomic E-state index is 13.5. The Balaban J connectivity index is 2.01. The highest BCUT2D eigenvalue weighted by Gasteiger charge is 2.24. The molecule has 0 spiro atoms. The zero-order valence-electron chi connectivity index (χ0n) is 9.80. The molecule has 1 aromatic rings. The fraction of sp³-hybridized carbons (Fsp3) is 0.538.